The van der Waals surface area contributed by atoms with E-state index in [2.05, 4.69) is 10.6 Å². The molecule has 0 aliphatic heterocycles. The molecule has 130 valence electrons. The van der Waals surface area contributed by atoms with E-state index < -0.39 is 23.9 Å². The van der Waals surface area contributed by atoms with Gasteiger partial charge in [0.25, 0.3) is 0 Å². The van der Waals surface area contributed by atoms with E-state index in [0.29, 0.717) is 25.7 Å². The molecule has 4 N–H and O–H groups in total. The lowest BCUT2D eigenvalue weighted by atomic mass is 9.82. The van der Waals surface area contributed by atoms with E-state index in [1.807, 2.05) is 13.8 Å². The van der Waals surface area contributed by atoms with E-state index in [1.54, 1.807) is 0 Å². The van der Waals surface area contributed by atoms with Crippen molar-refractivity contribution in [3.63, 3.8) is 0 Å². The summed E-state index contributed by atoms with van der Waals surface area (Å²) in [4.78, 5) is 47.0. The van der Waals surface area contributed by atoms with Gasteiger partial charge < -0.3 is 16.4 Å². The summed E-state index contributed by atoms with van der Waals surface area (Å²) >= 11 is 0. The Labute approximate surface area is 136 Å². The van der Waals surface area contributed by atoms with Crippen molar-refractivity contribution in [2.24, 2.45) is 17.6 Å². The molecule has 3 amide bonds. The van der Waals surface area contributed by atoms with Gasteiger partial charge in [-0.25, -0.2) is 0 Å². The lowest BCUT2D eigenvalue weighted by molar-refractivity contribution is -0.133. The van der Waals surface area contributed by atoms with Crippen LogP contribution in [0.15, 0.2) is 0 Å². The second-order valence-electron chi connectivity index (χ2n) is 6.67. The maximum Gasteiger partial charge on any atom is 0.243 e. The van der Waals surface area contributed by atoms with Gasteiger partial charge in [-0.3, -0.25) is 19.2 Å². The molecule has 0 aromatic rings. The normalized spacial score (nSPS) is 20.7. The van der Waals surface area contributed by atoms with Crippen LogP contribution in [0.25, 0.3) is 0 Å². The molecule has 0 aromatic carbocycles. The summed E-state index contributed by atoms with van der Waals surface area (Å²) in [5, 5.41) is 5.23. The van der Waals surface area contributed by atoms with Crippen molar-refractivity contribution < 1.29 is 19.2 Å². The molecule has 7 heteroatoms. The smallest absolute Gasteiger partial charge is 0.243 e. The number of hydrogen-bond donors (Lipinski definition) is 3. The van der Waals surface area contributed by atoms with Gasteiger partial charge in [0.1, 0.15) is 17.9 Å². The van der Waals surface area contributed by atoms with Crippen LogP contribution >= 0.6 is 0 Å². The van der Waals surface area contributed by atoms with Crippen LogP contribution in [0, 0.1) is 11.8 Å². The Morgan fingerprint density at radius 3 is 2.39 bits per heavy atom. The van der Waals surface area contributed by atoms with Gasteiger partial charge in [-0.1, -0.05) is 13.8 Å². The lowest BCUT2D eigenvalue weighted by Crippen LogP contribution is -2.56. The van der Waals surface area contributed by atoms with Gasteiger partial charge in [-0.15, -0.1) is 0 Å². The number of nitrogens with one attached hydrogen (secondary N) is 2. The number of primary amides is 1. The van der Waals surface area contributed by atoms with E-state index in [4.69, 9.17) is 5.73 Å². The molecule has 1 rings (SSSR count). The van der Waals surface area contributed by atoms with Crippen LogP contribution in [-0.4, -0.2) is 35.6 Å². The second-order valence-corrected chi connectivity index (χ2v) is 6.67. The Kier molecular flexibility index (Phi) is 7.19. The third kappa shape index (κ3) is 6.38. The number of nitrogens with two attached hydrogens (primary N) is 1. The molecule has 0 aromatic heterocycles. The number of ketones is 1. The Morgan fingerprint density at radius 1 is 1.26 bits per heavy atom. The fraction of sp³-hybridized carbons (Fsp3) is 0.750. The number of hydrogen-bond acceptors (Lipinski definition) is 4. The summed E-state index contributed by atoms with van der Waals surface area (Å²) in [7, 11) is 0. The van der Waals surface area contributed by atoms with Crippen LogP contribution in [0.2, 0.25) is 0 Å². The summed E-state index contributed by atoms with van der Waals surface area (Å²) in [6.45, 7) is 5.22. The highest BCUT2D eigenvalue weighted by Crippen LogP contribution is 2.24. The second kappa shape index (κ2) is 8.64. The first-order valence-corrected chi connectivity index (χ1v) is 8.09. The van der Waals surface area contributed by atoms with Crippen LogP contribution in [0.5, 0.6) is 0 Å². The Bertz CT molecular complexity index is 476. The zero-order valence-corrected chi connectivity index (χ0v) is 14.1. The Balaban J connectivity index is 2.79. The summed E-state index contributed by atoms with van der Waals surface area (Å²) in [5.74, 6) is -1.38. The Hall–Kier alpha value is -1.92. The van der Waals surface area contributed by atoms with Gasteiger partial charge in [-0.2, -0.15) is 0 Å². The molecule has 1 saturated carbocycles. The van der Waals surface area contributed by atoms with Gasteiger partial charge in [-0.05, 0) is 31.1 Å². The van der Waals surface area contributed by atoms with Crippen LogP contribution in [0.3, 0.4) is 0 Å². The minimum absolute atomic E-state index is 0.0855. The number of amides is 3. The quantitative estimate of drug-likeness (QED) is 0.622. The summed E-state index contributed by atoms with van der Waals surface area (Å²) in [6.07, 6.45) is 2.60. The van der Waals surface area contributed by atoms with E-state index in [9.17, 15) is 19.2 Å². The molecule has 0 radical (unpaired) electrons. The molecule has 0 heterocycles. The topological polar surface area (TPSA) is 118 Å². The number of carbonyl (C=O) groups excluding carboxylic acids is 4. The highest BCUT2D eigenvalue weighted by molar-refractivity contribution is 5.92. The third-order valence-electron chi connectivity index (χ3n) is 4.00. The third-order valence-corrected chi connectivity index (χ3v) is 4.00. The van der Waals surface area contributed by atoms with Gasteiger partial charge in [0.15, 0.2) is 0 Å². The first-order valence-electron chi connectivity index (χ1n) is 8.09. The molecular formula is C16H27N3O4. The number of rotatable bonds is 7. The van der Waals surface area contributed by atoms with Crippen molar-refractivity contribution in [3.8, 4) is 0 Å². The molecule has 1 aliphatic rings. The van der Waals surface area contributed by atoms with Crippen molar-refractivity contribution in [2.75, 3.05) is 0 Å². The maximum absolute atomic E-state index is 12.4. The van der Waals surface area contributed by atoms with Crippen LogP contribution in [-0.2, 0) is 19.2 Å². The molecule has 0 unspecified atom stereocenters. The molecule has 0 bridgehead atoms. The molecule has 7 nitrogen and oxygen atoms in total. The van der Waals surface area contributed by atoms with Crippen molar-refractivity contribution in [1.82, 2.24) is 10.6 Å². The molecular weight excluding hydrogens is 298 g/mol. The zero-order valence-electron chi connectivity index (χ0n) is 14.1. The lowest BCUT2D eigenvalue weighted by Gasteiger charge is -2.29. The highest BCUT2D eigenvalue weighted by Gasteiger charge is 2.33. The van der Waals surface area contributed by atoms with Crippen LogP contribution < -0.4 is 16.4 Å². The van der Waals surface area contributed by atoms with Gasteiger partial charge in [0, 0.05) is 19.8 Å². The van der Waals surface area contributed by atoms with Gasteiger partial charge >= 0.3 is 0 Å². The van der Waals surface area contributed by atoms with Crippen molar-refractivity contribution >= 4 is 23.5 Å². The monoisotopic (exact) mass is 325 g/mol. The summed E-state index contributed by atoms with van der Waals surface area (Å²) in [6, 6.07) is -1.59. The van der Waals surface area contributed by atoms with Crippen molar-refractivity contribution in [2.45, 2.75) is 65.0 Å². The summed E-state index contributed by atoms with van der Waals surface area (Å²) < 4.78 is 0. The predicted molar refractivity (Wildman–Crippen MR) is 85.1 cm³/mol. The largest absolute Gasteiger partial charge is 0.368 e. The van der Waals surface area contributed by atoms with E-state index in [1.165, 1.54) is 6.92 Å². The first kappa shape index (κ1) is 19.1. The summed E-state index contributed by atoms with van der Waals surface area (Å²) in [5.41, 5.74) is 5.41. The van der Waals surface area contributed by atoms with Crippen LogP contribution in [0.1, 0.15) is 52.9 Å². The average molecular weight is 325 g/mol. The van der Waals surface area contributed by atoms with E-state index in [0.717, 1.165) is 0 Å². The fourth-order valence-corrected chi connectivity index (χ4v) is 2.97. The fourth-order valence-electron chi connectivity index (χ4n) is 2.97. The minimum Gasteiger partial charge on any atom is -0.368 e. The molecule has 0 spiro atoms. The SMILES string of the molecule is CC(=O)N[C@@H](CC(C)C)C(=O)N[C@@H](C(N)=O)[C@@H]1CCCC(=O)C1. The highest BCUT2D eigenvalue weighted by atomic mass is 16.2. The molecule has 0 saturated heterocycles. The van der Waals surface area contributed by atoms with Crippen molar-refractivity contribution in [1.29, 1.82) is 0 Å². The molecule has 3 atom stereocenters. The predicted octanol–water partition coefficient (Wildman–Crippen LogP) is 0.267. The number of carbonyl (C=O) groups is 4. The standard InChI is InChI=1S/C16H27N3O4/c1-9(2)7-13(18-10(3)20)16(23)19-14(15(17)22)11-5-4-6-12(21)8-11/h9,11,13-14H,4-8H2,1-3H3,(H2,17,22)(H,18,20)(H,19,23)/t11-,13+,14-/m1/s1. The number of Topliss-reactive ketones (excluding diaryl/α,β-unsaturated/α-hetero) is 1. The zero-order chi connectivity index (χ0) is 17.6. The molecule has 23 heavy (non-hydrogen) atoms. The van der Waals surface area contributed by atoms with Crippen molar-refractivity contribution in [3.05, 3.63) is 0 Å². The maximum atomic E-state index is 12.4. The van der Waals surface area contributed by atoms with Gasteiger partial charge in [0.05, 0.1) is 0 Å². The molecule has 1 fully saturated rings. The molecule has 1 aliphatic carbocycles. The van der Waals surface area contributed by atoms with E-state index >= 15 is 0 Å². The van der Waals surface area contributed by atoms with Crippen LogP contribution in [0.4, 0.5) is 0 Å². The first-order chi connectivity index (χ1) is 10.7. The Morgan fingerprint density at radius 2 is 1.91 bits per heavy atom. The average Bonchev–Trinajstić information content (AvgIpc) is 2.42. The minimum atomic E-state index is -0.879. The van der Waals surface area contributed by atoms with Gasteiger partial charge in [0.2, 0.25) is 17.7 Å². The van der Waals surface area contributed by atoms with E-state index in [-0.39, 0.29) is 29.9 Å².